The van der Waals surface area contributed by atoms with Crippen molar-refractivity contribution in [1.29, 1.82) is 0 Å². The Balaban J connectivity index is 1.81. The highest BCUT2D eigenvalue weighted by Gasteiger charge is 2.33. The second kappa shape index (κ2) is 8.40. The van der Waals surface area contributed by atoms with Gasteiger partial charge < -0.3 is 5.32 Å². The summed E-state index contributed by atoms with van der Waals surface area (Å²) in [5.41, 5.74) is 3.94. The number of aromatic nitrogens is 4. The predicted octanol–water partition coefficient (Wildman–Crippen LogP) is 5.00. The number of aryl methyl sites for hydroxylation is 2. The number of amides is 1. The summed E-state index contributed by atoms with van der Waals surface area (Å²) in [6, 6.07) is 14.7. The van der Waals surface area contributed by atoms with E-state index in [-0.39, 0.29) is 11.7 Å². The fourth-order valence-electron chi connectivity index (χ4n) is 3.95. The number of fused-ring (bicyclic) bond motifs is 1. The van der Waals surface area contributed by atoms with E-state index in [9.17, 15) is 13.6 Å². The van der Waals surface area contributed by atoms with Crippen molar-refractivity contribution >= 4 is 23.5 Å². The van der Waals surface area contributed by atoms with Crippen molar-refractivity contribution in [3.63, 3.8) is 0 Å². The normalized spacial score (nSPS) is 15.6. The third-order valence-corrected chi connectivity index (χ3v) is 6.49. The molecule has 1 atom stereocenters. The summed E-state index contributed by atoms with van der Waals surface area (Å²) >= 11 is 1.29. The Kier molecular flexibility index (Phi) is 5.41. The average Bonchev–Trinajstić information content (AvgIpc) is 3.03. The molecule has 5 rings (SSSR count). The molecule has 0 spiro atoms. The lowest BCUT2D eigenvalue weighted by Gasteiger charge is -2.16. The minimum absolute atomic E-state index is 0.111. The number of hydrogen-bond donors (Lipinski definition) is 1. The van der Waals surface area contributed by atoms with Gasteiger partial charge >= 0.3 is 0 Å². The van der Waals surface area contributed by atoms with E-state index in [2.05, 4.69) is 15.3 Å². The highest BCUT2D eigenvalue weighted by atomic mass is 32.2. The first-order valence-electron chi connectivity index (χ1n) is 10.3. The first-order chi connectivity index (χ1) is 15.9. The van der Waals surface area contributed by atoms with Gasteiger partial charge in [0.05, 0.1) is 16.7 Å². The van der Waals surface area contributed by atoms with Gasteiger partial charge in [-0.3, -0.25) is 4.79 Å². The van der Waals surface area contributed by atoms with Crippen LogP contribution >= 0.6 is 11.8 Å². The lowest BCUT2D eigenvalue weighted by Crippen LogP contribution is -2.17. The summed E-state index contributed by atoms with van der Waals surface area (Å²) in [7, 11) is 0. The molecule has 4 aromatic rings. The van der Waals surface area contributed by atoms with Gasteiger partial charge in [-0.15, -0.1) is 11.8 Å². The zero-order chi connectivity index (χ0) is 23.1. The monoisotopic (exact) mass is 463 g/mol. The van der Waals surface area contributed by atoms with Crippen LogP contribution in [0.25, 0.3) is 17.2 Å². The first kappa shape index (κ1) is 21.3. The number of rotatable bonds is 3. The number of nitrogens with zero attached hydrogens (tertiary/aromatic N) is 4. The Morgan fingerprint density at radius 3 is 2.33 bits per heavy atom. The molecule has 1 aliphatic rings. The Morgan fingerprint density at radius 2 is 1.67 bits per heavy atom. The maximum Gasteiger partial charge on any atom is 0.252 e. The Hall–Kier alpha value is -3.59. The molecule has 0 unspecified atom stereocenters. The number of anilines is 1. The molecular formula is C24H19F2N5OS. The summed E-state index contributed by atoms with van der Waals surface area (Å²) in [6.45, 7) is 3.70. The fourth-order valence-corrected chi connectivity index (χ4v) is 5.06. The van der Waals surface area contributed by atoms with E-state index in [4.69, 9.17) is 5.10 Å². The van der Waals surface area contributed by atoms with Gasteiger partial charge in [-0.05, 0) is 37.6 Å². The van der Waals surface area contributed by atoms with Gasteiger partial charge in [0.1, 0.15) is 17.5 Å². The number of hydrogen-bond acceptors (Lipinski definition) is 5. The third-order valence-electron chi connectivity index (χ3n) is 5.22. The van der Waals surface area contributed by atoms with Crippen molar-refractivity contribution in [3.8, 4) is 17.2 Å². The standard InChI is InChI=1S/C24H19F2N5OS/c1-13-8-14(2)28-24(27-13)31-23-20(21(30-31)15-6-4-3-5-7-15)22(33-12-19(32)29-23)16-9-17(25)11-18(26)10-16/h3-11,22H,12H2,1-2H3,(H,29,32)/t22-/m0/s1. The molecule has 0 saturated heterocycles. The van der Waals surface area contributed by atoms with Crippen LogP contribution in [0.3, 0.4) is 0 Å². The Labute approximate surface area is 193 Å². The van der Waals surface area contributed by atoms with Crippen LogP contribution in [0.2, 0.25) is 0 Å². The van der Waals surface area contributed by atoms with Crippen LogP contribution in [0.1, 0.15) is 27.8 Å². The third kappa shape index (κ3) is 4.11. The van der Waals surface area contributed by atoms with Crippen molar-refractivity contribution in [2.45, 2.75) is 19.1 Å². The van der Waals surface area contributed by atoms with E-state index in [1.165, 1.54) is 28.6 Å². The number of nitrogens with one attached hydrogen (secondary N) is 1. The smallest absolute Gasteiger partial charge is 0.252 e. The molecule has 33 heavy (non-hydrogen) atoms. The molecule has 0 aliphatic carbocycles. The lowest BCUT2D eigenvalue weighted by atomic mass is 9.99. The molecule has 9 heteroatoms. The highest BCUT2D eigenvalue weighted by Crippen LogP contribution is 2.46. The molecule has 0 radical (unpaired) electrons. The van der Waals surface area contributed by atoms with Crippen LogP contribution in [0.4, 0.5) is 14.6 Å². The molecule has 0 bridgehead atoms. The number of benzene rings is 2. The van der Waals surface area contributed by atoms with E-state index in [1.807, 2.05) is 50.2 Å². The highest BCUT2D eigenvalue weighted by molar-refractivity contribution is 8.00. The first-order valence-corrected chi connectivity index (χ1v) is 11.3. The zero-order valence-electron chi connectivity index (χ0n) is 17.8. The topological polar surface area (TPSA) is 72.7 Å². The van der Waals surface area contributed by atoms with Crippen LogP contribution in [0.5, 0.6) is 0 Å². The zero-order valence-corrected chi connectivity index (χ0v) is 18.7. The van der Waals surface area contributed by atoms with E-state index in [0.717, 1.165) is 23.0 Å². The fraction of sp³-hybridized carbons (Fsp3) is 0.167. The van der Waals surface area contributed by atoms with Crippen molar-refractivity contribution in [1.82, 2.24) is 19.7 Å². The molecule has 0 fully saturated rings. The minimum Gasteiger partial charge on any atom is -0.309 e. The Bertz CT molecular complexity index is 1330. The van der Waals surface area contributed by atoms with Crippen LogP contribution < -0.4 is 5.32 Å². The molecule has 6 nitrogen and oxygen atoms in total. The molecule has 2 aromatic carbocycles. The summed E-state index contributed by atoms with van der Waals surface area (Å²) in [6.07, 6.45) is 0. The Morgan fingerprint density at radius 1 is 1.00 bits per heavy atom. The largest absolute Gasteiger partial charge is 0.309 e. The summed E-state index contributed by atoms with van der Waals surface area (Å²) in [5.74, 6) is -0.792. The summed E-state index contributed by atoms with van der Waals surface area (Å²) < 4.78 is 29.8. The second-order valence-electron chi connectivity index (χ2n) is 7.78. The van der Waals surface area contributed by atoms with Crippen LogP contribution in [0, 0.1) is 25.5 Å². The van der Waals surface area contributed by atoms with Gasteiger partial charge in [-0.25, -0.2) is 18.7 Å². The van der Waals surface area contributed by atoms with E-state index >= 15 is 0 Å². The van der Waals surface area contributed by atoms with Crippen molar-refractivity contribution < 1.29 is 13.6 Å². The summed E-state index contributed by atoms with van der Waals surface area (Å²) in [5, 5.41) is 7.17. The number of halogens is 2. The molecule has 1 N–H and O–H groups in total. The van der Waals surface area contributed by atoms with Gasteiger partial charge in [-0.1, -0.05) is 30.3 Å². The van der Waals surface area contributed by atoms with Crippen LogP contribution in [-0.2, 0) is 4.79 Å². The molecule has 166 valence electrons. The lowest BCUT2D eigenvalue weighted by molar-refractivity contribution is -0.113. The van der Waals surface area contributed by atoms with Crippen molar-refractivity contribution in [2.75, 3.05) is 11.1 Å². The van der Waals surface area contributed by atoms with Crippen LogP contribution in [-0.4, -0.2) is 31.4 Å². The van der Waals surface area contributed by atoms with Gasteiger partial charge in [0, 0.05) is 28.6 Å². The maximum atomic E-state index is 14.1. The van der Waals surface area contributed by atoms with Gasteiger partial charge in [0.25, 0.3) is 5.95 Å². The number of carbonyl (C=O) groups excluding carboxylic acids is 1. The molecule has 0 saturated carbocycles. The SMILES string of the molecule is Cc1cc(C)nc(-n2nc(-c3ccccc3)c3c2NC(=O)CS[C@H]3c2cc(F)cc(F)c2)n1. The van der Waals surface area contributed by atoms with E-state index in [0.29, 0.717) is 28.6 Å². The molecule has 2 aromatic heterocycles. The van der Waals surface area contributed by atoms with Crippen LogP contribution in [0.15, 0.2) is 54.6 Å². The van der Waals surface area contributed by atoms with Gasteiger partial charge in [0.15, 0.2) is 0 Å². The molecular weight excluding hydrogens is 444 g/mol. The van der Waals surface area contributed by atoms with Gasteiger partial charge in [-0.2, -0.15) is 9.78 Å². The average molecular weight is 464 g/mol. The molecule has 1 aliphatic heterocycles. The minimum atomic E-state index is -0.679. The quantitative estimate of drug-likeness (QED) is 0.463. The summed E-state index contributed by atoms with van der Waals surface area (Å²) in [4.78, 5) is 21.7. The van der Waals surface area contributed by atoms with E-state index < -0.39 is 16.9 Å². The number of carbonyl (C=O) groups is 1. The van der Waals surface area contributed by atoms with Crippen molar-refractivity contribution in [3.05, 3.63) is 88.7 Å². The predicted molar refractivity (Wildman–Crippen MR) is 123 cm³/mol. The second-order valence-corrected chi connectivity index (χ2v) is 8.87. The van der Waals surface area contributed by atoms with Gasteiger partial charge in [0.2, 0.25) is 5.91 Å². The number of thioether (sulfide) groups is 1. The maximum absolute atomic E-state index is 14.1. The van der Waals surface area contributed by atoms with E-state index in [1.54, 1.807) is 0 Å². The molecule has 3 heterocycles. The van der Waals surface area contributed by atoms with Crippen molar-refractivity contribution in [2.24, 2.45) is 0 Å². The molecule has 1 amide bonds.